The molecule has 1 N–H and O–H groups in total. The van der Waals surface area contributed by atoms with Crippen molar-refractivity contribution < 1.29 is 9.53 Å². The molecular weight excluding hydrogens is 300 g/mol. The number of nitrogens with one attached hydrogen (secondary N) is 1. The van der Waals surface area contributed by atoms with Gasteiger partial charge in [-0.1, -0.05) is 31.2 Å². The van der Waals surface area contributed by atoms with Crippen LogP contribution in [0, 0.1) is 13.8 Å². The third-order valence-electron chi connectivity index (χ3n) is 4.28. The summed E-state index contributed by atoms with van der Waals surface area (Å²) in [5.41, 5.74) is 5.41. The molecule has 0 aromatic heterocycles. The maximum Gasteiger partial charge on any atom is 0.321 e. The van der Waals surface area contributed by atoms with Crippen LogP contribution in [-0.2, 0) is 13.0 Å². The Labute approximate surface area is 144 Å². The number of carbonyl (C=O) groups is 1. The molecule has 0 aliphatic heterocycles. The summed E-state index contributed by atoms with van der Waals surface area (Å²) >= 11 is 0. The van der Waals surface area contributed by atoms with Crippen molar-refractivity contribution in [1.82, 2.24) is 5.32 Å². The maximum absolute atomic E-state index is 11.9. The number of anilines is 1. The normalized spacial score (nSPS) is 10.4. The van der Waals surface area contributed by atoms with Crippen molar-refractivity contribution in [3.63, 3.8) is 0 Å². The van der Waals surface area contributed by atoms with E-state index in [0.717, 1.165) is 34.5 Å². The molecule has 0 aliphatic carbocycles. The number of urea groups is 1. The van der Waals surface area contributed by atoms with Gasteiger partial charge in [0.2, 0.25) is 0 Å². The van der Waals surface area contributed by atoms with Crippen molar-refractivity contribution >= 4 is 11.7 Å². The lowest BCUT2D eigenvalue weighted by Crippen LogP contribution is -2.35. The van der Waals surface area contributed by atoms with E-state index in [1.807, 2.05) is 31.2 Å². The van der Waals surface area contributed by atoms with E-state index in [4.69, 9.17) is 4.74 Å². The molecule has 0 aliphatic rings. The zero-order valence-corrected chi connectivity index (χ0v) is 15.1. The van der Waals surface area contributed by atoms with E-state index in [2.05, 4.69) is 31.3 Å². The quantitative estimate of drug-likeness (QED) is 0.894. The molecule has 4 nitrogen and oxygen atoms in total. The van der Waals surface area contributed by atoms with Gasteiger partial charge in [0, 0.05) is 19.7 Å². The molecule has 0 saturated heterocycles. The van der Waals surface area contributed by atoms with Crippen LogP contribution in [0.25, 0.3) is 0 Å². The number of aryl methyl sites for hydroxylation is 3. The summed E-state index contributed by atoms with van der Waals surface area (Å²) in [5.74, 6) is 0.879. The first kappa shape index (κ1) is 17.9. The lowest BCUT2D eigenvalue weighted by atomic mass is 10.1. The molecular formula is C20H26N2O2. The Morgan fingerprint density at radius 3 is 2.54 bits per heavy atom. The van der Waals surface area contributed by atoms with Crippen LogP contribution in [0.4, 0.5) is 10.5 Å². The summed E-state index contributed by atoms with van der Waals surface area (Å²) in [4.78, 5) is 13.6. The summed E-state index contributed by atoms with van der Waals surface area (Å²) in [7, 11) is 3.39. The van der Waals surface area contributed by atoms with Gasteiger partial charge in [-0.3, -0.25) is 4.90 Å². The van der Waals surface area contributed by atoms with E-state index in [1.165, 1.54) is 5.56 Å². The Balaban J connectivity index is 2.25. The van der Waals surface area contributed by atoms with Crippen LogP contribution >= 0.6 is 0 Å². The van der Waals surface area contributed by atoms with E-state index in [-0.39, 0.29) is 6.03 Å². The van der Waals surface area contributed by atoms with Gasteiger partial charge in [0.25, 0.3) is 0 Å². The number of hydrogen-bond acceptors (Lipinski definition) is 2. The first-order valence-electron chi connectivity index (χ1n) is 8.24. The molecule has 0 spiro atoms. The monoisotopic (exact) mass is 326 g/mol. The fraction of sp³-hybridized carbons (Fsp3) is 0.350. The smallest absolute Gasteiger partial charge is 0.321 e. The molecule has 0 unspecified atom stereocenters. The summed E-state index contributed by atoms with van der Waals surface area (Å²) in [6.07, 6.45) is 1.01. The average molecular weight is 326 g/mol. The van der Waals surface area contributed by atoms with Gasteiger partial charge in [0.15, 0.2) is 0 Å². The second kappa shape index (κ2) is 7.86. The van der Waals surface area contributed by atoms with E-state index >= 15 is 0 Å². The van der Waals surface area contributed by atoms with Crippen LogP contribution in [-0.4, -0.2) is 20.1 Å². The van der Waals surface area contributed by atoms with Crippen molar-refractivity contribution in [2.45, 2.75) is 33.8 Å². The molecule has 2 rings (SSSR count). The highest BCUT2D eigenvalue weighted by Crippen LogP contribution is 2.26. The van der Waals surface area contributed by atoms with Crippen LogP contribution < -0.4 is 15.0 Å². The third-order valence-corrected chi connectivity index (χ3v) is 4.28. The Morgan fingerprint density at radius 2 is 1.92 bits per heavy atom. The number of nitrogens with zero attached hydrogens (tertiary/aromatic N) is 1. The fourth-order valence-electron chi connectivity index (χ4n) is 2.71. The van der Waals surface area contributed by atoms with Gasteiger partial charge < -0.3 is 10.1 Å². The molecule has 128 valence electrons. The minimum atomic E-state index is -0.148. The zero-order chi connectivity index (χ0) is 17.7. The van der Waals surface area contributed by atoms with Gasteiger partial charge in [-0.25, -0.2) is 4.79 Å². The number of rotatable bonds is 5. The number of ether oxygens (including phenoxy) is 1. The number of benzene rings is 2. The Bertz CT molecular complexity index is 726. The van der Waals surface area contributed by atoms with E-state index in [1.54, 1.807) is 19.0 Å². The summed E-state index contributed by atoms with van der Waals surface area (Å²) < 4.78 is 6.05. The lowest BCUT2D eigenvalue weighted by Gasteiger charge is -2.22. The van der Waals surface area contributed by atoms with Crippen LogP contribution in [0.5, 0.6) is 5.75 Å². The number of hydrogen-bond donors (Lipinski definition) is 1. The molecule has 0 bridgehead atoms. The van der Waals surface area contributed by atoms with Crippen LogP contribution in [0.2, 0.25) is 0 Å². The summed E-state index contributed by atoms with van der Waals surface area (Å²) in [6.45, 7) is 6.66. The fourth-order valence-corrected chi connectivity index (χ4v) is 2.71. The maximum atomic E-state index is 11.9. The second-order valence-corrected chi connectivity index (χ2v) is 5.93. The standard InChI is InChI=1S/C20H26N2O2/c1-6-16-10-11-19(15(3)12-16)24-13-17-14(2)8-7-9-18(17)22(5)20(23)21-4/h7-12H,6,13H2,1-5H3,(H,21,23). The van der Waals surface area contributed by atoms with Crippen molar-refractivity contribution in [2.24, 2.45) is 0 Å². The highest BCUT2D eigenvalue weighted by molar-refractivity contribution is 5.92. The van der Waals surface area contributed by atoms with Gasteiger partial charge >= 0.3 is 6.03 Å². The molecule has 2 aromatic carbocycles. The summed E-state index contributed by atoms with van der Waals surface area (Å²) in [6, 6.07) is 12.1. The predicted molar refractivity (Wildman–Crippen MR) is 98.9 cm³/mol. The van der Waals surface area contributed by atoms with Crippen molar-refractivity contribution in [3.05, 3.63) is 58.7 Å². The highest BCUT2D eigenvalue weighted by atomic mass is 16.5. The summed E-state index contributed by atoms with van der Waals surface area (Å²) in [5, 5.41) is 2.65. The average Bonchev–Trinajstić information content (AvgIpc) is 2.59. The molecule has 0 heterocycles. The molecule has 2 amide bonds. The zero-order valence-electron chi connectivity index (χ0n) is 15.1. The minimum absolute atomic E-state index is 0.148. The highest BCUT2D eigenvalue weighted by Gasteiger charge is 2.15. The Kier molecular flexibility index (Phi) is 5.85. The molecule has 0 atom stereocenters. The number of carbonyl (C=O) groups excluding carboxylic acids is 1. The molecule has 2 aromatic rings. The molecule has 0 saturated carbocycles. The third kappa shape index (κ3) is 3.88. The van der Waals surface area contributed by atoms with E-state index in [0.29, 0.717) is 6.61 Å². The van der Waals surface area contributed by atoms with Crippen LogP contribution in [0.3, 0.4) is 0 Å². The van der Waals surface area contributed by atoms with E-state index in [9.17, 15) is 4.79 Å². The SMILES string of the molecule is CCc1ccc(OCc2c(C)cccc2N(C)C(=O)NC)c(C)c1. The van der Waals surface area contributed by atoms with Gasteiger partial charge in [-0.05, 0) is 49.1 Å². The second-order valence-electron chi connectivity index (χ2n) is 5.93. The van der Waals surface area contributed by atoms with Crippen molar-refractivity contribution in [3.8, 4) is 5.75 Å². The predicted octanol–water partition coefficient (Wildman–Crippen LogP) is 4.22. The van der Waals surface area contributed by atoms with E-state index < -0.39 is 0 Å². The van der Waals surface area contributed by atoms with Crippen molar-refractivity contribution in [1.29, 1.82) is 0 Å². The van der Waals surface area contributed by atoms with Crippen LogP contribution in [0.15, 0.2) is 36.4 Å². The van der Waals surface area contributed by atoms with Crippen LogP contribution in [0.1, 0.15) is 29.2 Å². The van der Waals surface area contributed by atoms with Crippen molar-refractivity contribution in [2.75, 3.05) is 19.0 Å². The van der Waals surface area contributed by atoms with Gasteiger partial charge in [0.1, 0.15) is 12.4 Å². The minimum Gasteiger partial charge on any atom is -0.489 e. The topological polar surface area (TPSA) is 41.6 Å². The van der Waals surface area contributed by atoms with Gasteiger partial charge in [0.05, 0.1) is 5.69 Å². The Hall–Kier alpha value is -2.49. The first-order chi connectivity index (χ1) is 11.5. The first-order valence-corrected chi connectivity index (χ1v) is 8.24. The number of amides is 2. The lowest BCUT2D eigenvalue weighted by molar-refractivity contribution is 0.249. The van der Waals surface area contributed by atoms with Gasteiger partial charge in [-0.15, -0.1) is 0 Å². The molecule has 4 heteroatoms. The molecule has 0 fully saturated rings. The molecule has 0 radical (unpaired) electrons. The Morgan fingerprint density at radius 1 is 1.17 bits per heavy atom. The molecule has 24 heavy (non-hydrogen) atoms. The van der Waals surface area contributed by atoms with Gasteiger partial charge in [-0.2, -0.15) is 0 Å². The largest absolute Gasteiger partial charge is 0.489 e.